The third-order valence-electron chi connectivity index (χ3n) is 3.45. The average Bonchev–Trinajstić information content (AvgIpc) is 2.88. The van der Waals surface area contributed by atoms with E-state index in [1.165, 1.54) is 16.5 Å². The summed E-state index contributed by atoms with van der Waals surface area (Å²) in [6.45, 7) is 1.76. The van der Waals surface area contributed by atoms with E-state index in [0.29, 0.717) is 17.8 Å². The molecular formula is C15H16FN3O5. The minimum Gasteiger partial charge on any atom is -0.481 e. The maximum Gasteiger partial charge on any atom is 0.326 e. The molecule has 0 fully saturated rings. The number of aryl methyl sites for hydroxylation is 1. The van der Waals surface area contributed by atoms with E-state index in [1.54, 1.807) is 6.92 Å². The average molecular weight is 337 g/mol. The Bertz CT molecular complexity index is 802. The number of hydrogen-bond acceptors (Lipinski definition) is 4. The van der Waals surface area contributed by atoms with Crippen molar-refractivity contribution in [3.05, 3.63) is 35.5 Å². The normalized spacial score (nSPS) is 12.1. The first-order valence-corrected chi connectivity index (χ1v) is 7.25. The largest absolute Gasteiger partial charge is 0.481 e. The molecule has 1 amide bonds. The summed E-state index contributed by atoms with van der Waals surface area (Å²) < 4.78 is 14.7. The van der Waals surface area contributed by atoms with Gasteiger partial charge in [-0.2, -0.15) is 0 Å². The molecule has 0 saturated heterocycles. The number of carbonyl (C=O) groups excluding carboxylic acids is 1. The summed E-state index contributed by atoms with van der Waals surface area (Å²) in [6.07, 6.45) is 0.810. The van der Waals surface area contributed by atoms with Crippen molar-refractivity contribution in [1.82, 2.24) is 14.7 Å². The molecule has 9 heteroatoms. The Morgan fingerprint density at radius 1 is 1.33 bits per heavy atom. The Labute approximate surface area is 135 Å². The second-order valence-electron chi connectivity index (χ2n) is 5.13. The number of aromatic nitrogens is 2. The number of pyridine rings is 1. The highest BCUT2D eigenvalue weighted by Crippen LogP contribution is 2.15. The number of imidazole rings is 1. The monoisotopic (exact) mass is 337 g/mol. The number of nitrogens with one attached hydrogen (secondary N) is 1. The Morgan fingerprint density at radius 3 is 2.62 bits per heavy atom. The van der Waals surface area contributed by atoms with Gasteiger partial charge in [-0.25, -0.2) is 14.2 Å². The van der Waals surface area contributed by atoms with Gasteiger partial charge in [0.2, 0.25) is 0 Å². The zero-order valence-electron chi connectivity index (χ0n) is 12.8. The molecule has 0 radical (unpaired) electrons. The quantitative estimate of drug-likeness (QED) is 0.695. The van der Waals surface area contributed by atoms with Crippen molar-refractivity contribution < 1.29 is 29.0 Å². The fourth-order valence-electron chi connectivity index (χ4n) is 2.31. The molecule has 8 nitrogen and oxygen atoms in total. The molecule has 3 N–H and O–H groups in total. The van der Waals surface area contributed by atoms with E-state index in [4.69, 9.17) is 10.2 Å². The van der Waals surface area contributed by atoms with Crippen LogP contribution < -0.4 is 5.32 Å². The molecule has 0 aromatic carbocycles. The Hall–Kier alpha value is -2.97. The van der Waals surface area contributed by atoms with E-state index in [9.17, 15) is 18.8 Å². The van der Waals surface area contributed by atoms with Gasteiger partial charge in [0.1, 0.15) is 23.2 Å². The van der Waals surface area contributed by atoms with Gasteiger partial charge in [-0.15, -0.1) is 0 Å². The first-order chi connectivity index (χ1) is 11.3. The highest BCUT2D eigenvalue weighted by molar-refractivity contribution is 5.97. The number of rotatable bonds is 7. The molecule has 0 saturated carbocycles. The van der Waals surface area contributed by atoms with Crippen LogP contribution in [0.2, 0.25) is 0 Å². The van der Waals surface area contributed by atoms with Crippen LogP contribution in [-0.2, 0) is 16.0 Å². The van der Waals surface area contributed by atoms with Gasteiger partial charge in [-0.3, -0.25) is 14.0 Å². The van der Waals surface area contributed by atoms with Gasteiger partial charge >= 0.3 is 11.9 Å². The topological polar surface area (TPSA) is 121 Å². The lowest BCUT2D eigenvalue weighted by Crippen LogP contribution is -2.41. The summed E-state index contributed by atoms with van der Waals surface area (Å²) in [5, 5.41) is 20.1. The summed E-state index contributed by atoms with van der Waals surface area (Å²) in [6, 6.07) is 1.25. The smallest absolute Gasteiger partial charge is 0.326 e. The van der Waals surface area contributed by atoms with Crippen LogP contribution in [-0.4, -0.2) is 43.5 Å². The van der Waals surface area contributed by atoms with Crippen molar-refractivity contribution in [3.63, 3.8) is 0 Å². The lowest BCUT2D eigenvalue weighted by Gasteiger charge is -2.14. The van der Waals surface area contributed by atoms with E-state index in [2.05, 4.69) is 10.3 Å². The maximum atomic E-state index is 13.5. The van der Waals surface area contributed by atoms with Gasteiger partial charge in [-0.05, 0) is 25.0 Å². The number of aliphatic carboxylic acids is 2. The number of halogens is 1. The van der Waals surface area contributed by atoms with Crippen LogP contribution in [0.4, 0.5) is 4.39 Å². The van der Waals surface area contributed by atoms with Crippen molar-refractivity contribution in [1.29, 1.82) is 0 Å². The SMILES string of the molecule is CCc1nc2ccc(F)cn2c1C(=O)NC(CCC(=O)O)C(=O)O. The molecule has 0 aliphatic rings. The Balaban J connectivity index is 2.34. The zero-order chi connectivity index (χ0) is 17.9. The third kappa shape index (κ3) is 3.67. The highest BCUT2D eigenvalue weighted by Gasteiger charge is 2.25. The summed E-state index contributed by atoms with van der Waals surface area (Å²) in [5.74, 6) is -3.83. The lowest BCUT2D eigenvalue weighted by molar-refractivity contribution is -0.140. The predicted molar refractivity (Wildman–Crippen MR) is 80.3 cm³/mol. The van der Waals surface area contributed by atoms with E-state index in [-0.39, 0.29) is 12.1 Å². The fraction of sp³-hybridized carbons (Fsp3) is 0.333. The summed E-state index contributed by atoms with van der Waals surface area (Å²) in [4.78, 5) is 38.5. The van der Waals surface area contributed by atoms with Gasteiger partial charge < -0.3 is 15.5 Å². The minimum atomic E-state index is -1.36. The Morgan fingerprint density at radius 2 is 2.04 bits per heavy atom. The van der Waals surface area contributed by atoms with Gasteiger partial charge in [-0.1, -0.05) is 6.92 Å². The van der Waals surface area contributed by atoms with E-state index < -0.39 is 36.1 Å². The van der Waals surface area contributed by atoms with Crippen LogP contribution in [0.15, 0.2) is 18.3 Å². The third-order valence-corrected chi connectivity index (χ3v) is 3.45. The summed E-state index contributed by atoms with van der Waals surface area (Å²) >= 11 is 0. The molecular weight excluding hydrogens is 321 g/mol. The Kier molecular flexibility index (Phi) is 5.12. The number of amides is 1. The number of carboxylic acid groups (broad SMARTS) is 2. The molecule has 0 bridgehead atoms. The number of nitrogens with zero attached hydrogens (tertiary/aromatic N) is 2. The molecule has 2 rings (SSSR count). The fourth-order valence-corrected chi connectivity index (χ4v) is 2.31. The summed E-state index contributed by atoms with van der Waals surface area (Å²) in [7, 11) is 0. The van der Waals surface area contributed by atoms with Crippen molar-refractivity contribution in [2.45, 2.75) is 32.2 Å². The molecule has 0 aliphatic carbocycles. The molecule has 2 heterocycles. The molecule has 1 unspecified atom stereocenters. The number of hydrogen-bond donors (Lipinski definition) is 3. The number of carbonyl (C=O) groups is 3. The second kappa shape index (κ2) is 7.07. The number of fused-ring (bicyclic) bond motifs is 1. The zero-order valence-corrected chi connectivity index (χ0v) is 12.8. The van der Waals surface area contributed by atoms with Crippen molar-refractivity contribution in [2.24, 2.45) is 0 Å². The molecule has 24 heavy (non-hydrogen) atoms. The first-order valence-electron chi connectivity index (χ1n) is 7.25. The van der Waals surface area contributed by atoms with Crippen molar-refractivity contribution in [2.75, 3.05) is 0 Å². The van der Waals surface area contributed by atoms with Gasteiger partial charge in [0.15, 0.2) is 0 Å². The van der Waals surface area contributed by atoms with Gasteiger partial charge in [0, 0.05) is 12.6 Å². The van der Waals surface area contributed by atoms with Gasteiger partial charge in [0.05, 0.1) is 5.69 Å². The van der Waals surface area contributed by atoms with Crippen LogP contribution in [0.3, 0.4) is 0 Å². The lowest BCUT2D eigenvalue weighted by atomic mass is 10.1. The van der Waals surface area contributed by atoms with E-state index in [0.717, 1.165) is 6.20 Å². The standard InChI is InChI=1S/C15H16FN3O5/c1-2-9-13(19-7-8(16)3-5-11(19)17-9)14(22)18-10(15(23)24)4-6-12(20)21/h3,5,7,10H,2,4,6H2,1H3,(H,18,22)(H,20,21)(H,23,24). The van der Waals surface area contributed by atoms with Crippen LogP contribution >= 0.6 is 0 Å². The van der Waals surface area contributed by atoms with E-state index >= 15 is 0 Å². The summed E-state index contributed by atoms with van der Waals surface area (Å²) in [5.41, 5.74) is 0.782. The minimum absolute atomic E-state index is 0.0357. The van der Waals surface area contributed by atoms with Crippen molar-refractivity contribution >= 4 is 23.5 Å². The molecule has 2 aromatic rings. The molecule has 0 spiro atoms. The van der Waals surface area contributed by atoms with Crippen LogP contribution in [0, 0.1) is 5.82 Å². The van der Waals surface area contributed by atoms with E-state index in [1.807, 2.05) is 0 Å². The second-order valence-corrected chi connectivity index (χ2v) is 5.13. The van der Waals surface area contributed by atoms with Crippen LogP contribution in [0.1, 0.15) is 35.9 Å². The van der Waals surface area contributed by atoms with Crippen molar-refractivity contribution in [3.8, 4) is 0 Å². The molecule has 128 valence electrons. The predicted octanol–water partition coefficient (Wildman–Crippen LogP) is 1.08. The molecule has 2 aromatic heterocycles. The first kappa shape index (κ1) is 17.4. The maximum absolute atomic E-state index is 13.5. The van der Waals surface area contributed by atoms with Crippen LogP contribution in [0.25, 0.3) is 5.65 Å². The highest BCUT2D eigenvalue weighted by atomic mass is 19.1. The number of carboxylic acids is 2. The molecule has 1 atom stereocenters. The van der Waals surface area contributed by atoms with Gasteiger partial charge in [0.25, 0.3) is 5.91 Å². The molecule has 0 aliphatic heterocycles. The van der Waals surface area contributed by atoms with Crippen LogP contribution in [0.5, 0.6) is 0 Å².